The van der Waals surface area contributed by atoms with Gasteiger partial charge in [-0.1, -0.05) is 37.3 Å². The van der Waals surface area contributed by atoms with Gasteiger partial charge < -0.3 is 15.4 Å². The van der Waals surface area contributed by atoms with Gasteiger partial charge in [0.15, 0.2) is 6.04 Å². The first-order valence-electron chi connectivity index (χ1n) is 8.24. The molecular formula is C18H27ClN2O3. The molecule has 0 bridgehead atoms. The maximum atomic E-state index is 12.4. The van der Waals surface area contributed by atoms with Crippen LogP contribution in [0.2, 0.25) is 0 Å². The highest BCUT2D eigenvalue weighted by Crippen LogP contribution is 2.24. The molecule has 1 saturated heterocycles. The Balaban J connectivity index is 0.00000288. The molecule has 1 fully saturated rings. The lowest BCUT2D eigenvalue weighted by Crippen LogP contribution is -2.37. The number of halogens is 1. The third-order valence-electron chi connectivity index (χ3n) is 4.57. The van der Waals surface area contributed by atoms with Gasteiger partial charge in [-0.25, -0.2) is 4.79 Å². The van der Waals surface area contributed by atoms with Gasteiger partial charge in [-0.2, -0.15) is 0 Å². The van der Waals surface area contributed by atoms with E-state index in [0.29, 0.717) is 18.3 Å². The summed E-state index contributed by atoms with van der Waals surface area (Å²) in [7, 11) is 1.34. The van der Waals surface area contributed by atoms with E-state index in [9.17, 15) is 9.59 Å². The maximum absolute atomic E-state index is 12.4. The molecule has 1 aliphatic rings. The molecule has 1 heterocycles. The molecule has 1 aromatic carbocycles. The lowest BCUT2D eigenvalue weighted by Gasteiger charge is -2.28. The topological polar surface area (TPSA) is 67.4 Å². The normalized spacial score (nSPS) is 17.2. The van der Waals surface area contributed by atoms with Gasteiger partial charge >= 0.3 is 5.97 Å². The quantitative estimate of drug-likeness (QED) is 0.770. The lowest BCUT2D eigenvalue weighted by atomic mass is 9.84. The van der Waals surface area contributed by atoms with Crippen LogP contribution in [0.25, 0.3) is 0 Å². The van der Waals surface area contributed by atoms with Crippen LogP contribution in [0.3, 0.4) is 0 Å². The molecule has 0 saturated carbocycles. The van der Waals surface area contributed by atoms with Crippen LogP contribution in [0, 0.1) is 11.8 Å². The number of benzene rings is 1. The summed E-state index contributed by atoms with van der Waals surface area (Å²) in [6, 6.07) is 8.45. The first kappa shape index (κ1) is 20.5. The molecule has 0 spiro atoms. The van der Waals surface area contributed by atoms with Gasteiger partial charge in [0, 0.05) is 6.42 Å². The minimum Gasteiger partial charge on any atom is -0.467 e. The number of ether oxygens (including phenoxy) is 1. The van der Waals surface area contributed by atoms with Crippen molar-refractivity contribution >= 4 is 24.3 Å². The lowest BCUT2D eigenvalue weighted by molar-refractivity contribution is -0.145. The van der Waals surface area contributed by atoms with Crippen molar-refractivity contribution in [3.63, 3.8) is 0 Å². The summed E-state index contributed by atoms with van der Waals surface area (Å²) < 4.78 is 4.83. The Morgan fingerprint density at radius 2 is 1.88 bits per heavy atom. The number of hydrogen-bond acceptors (Lipinski definition) is 4. The van der Waals surface area contributed by atoms with E-state index in [1.165, 1.54) is 7.11 Å². The largest absolute Gasteiger partial charge is 0.467 e. The number of carbonyl (C=O) groups excluding carboxylic acids is 2. The second kappa shape index (κ2) is 10.3. The summed E-state index contributed by atoms with van der Waals surface area (Å²) in [4.78, 5) is 24.4. The van der Waals surface area contributed by atoms with Gasteiger partial charge in [0.25, 0.3) is 0 Å². The van der Waals surface area contributed by atoms with Gasteiger partial charge in [-0.3, -0.25) is 4.79 Å². The first-order chi connectivity index (χ1) is 11.1. The number of methoxy groups -OCH3 is 1. The highest BCUT2D eigenvalue weighted by Gasteiger charge is 2.26. The Labute approximate surface area is 149 Å². The predicted molar refractivity (Wildman–Crippen MR) is 96.0 cm³/mol. The van der Waals surface area contributed by atoms with Gasteiger partial charge in [-0.05, 0) is 43.3 Å². The zero-order valence-electron chi connectivity index (χ0n) is 14.3. The average molecular weight is 355 g/mol. The molecular weight excluding hydrogens is 328 g/mol. The molecule has 24 heavy (non-hydrogen) atoms. The van der Waals surface area contributed by atoms with Crippen molar-refractivity contribution in [2.24, 2.45) is 11.8 Å². The highest BCUT2D eigenvalue weighted by atomic mass is 35.5. The van der Waals surface area contributed by atoms with Crippen molar-refractivity contribution in [2.75, 3.05) is 20.2 Å². The Hall–Kier alpha value is -1.59. The fourth-order valence-corrected chi connectivity index (χ4v) is 3.13. The van der Waals surface area contributed by atoms with Crippen molar-refractivity contribution in [3.8, 4) is 0 Å². The minimum atomic E-state index is -0.742. The van der Waals surface area contributed by atoms with Crippen molar-refractivity contribution < 1.29 is 14.3 Å². The molecule has 134 valence electrons. The van der Waals surface area contributed by atoms with E-state index in [1.807, 2.05) is 30.3 Å². The van der Waals surface area contributed by atoms with Crippen LogP contribution in [0.4, 0.5) is 0 Å². The summed E-state index contributed by atoms with van der Waals surface area (Å²) in [5, 5.41) is 6.16. The molecule has 2 unspecified atom stereocenters. The Kier molecular flexibility index (Phi) is 8.79. The van der Waals surface area contributed by atoms with Crippen molar-refractivity contribution in [1.29, 1.82) is 0 Å². The van der Waals surface area contributed by atoms with Crippen molar-refractivity contribution in [3.05, 3.63) is 35.9 Å². The number of piperidine rings is 1. The summed E-state index contributed by atoms with van der Waals surface area (Å²) in [5.41, 5.74) is 0.738. The standard InChI is InChI=1S/C18H26N2O3.ClH/c1-13(14-8-10-19-11-9-14)12-16(21)20-17(18(22)23-2)15-6-4-3-5-7-15;/h3-7,13-14,17,19H,8-12H2,1-2H3,(H,20,21);1H. The fourth-order valence-electron chi connectivity index (χ4n) is 3.13. The number of carbonyl (C=O) groups is 2. The smallest absolute Gasteiger partial charge is 0.333 e. The van der Waals surface area contributed by atoms with Crippen LogP contribution in [0.1, 0.15) is 37.8 Å². The third-order valence-corrected chi connectivity index (χ3v) is 4.57. The van der Waals surface area contributed by atoms with Crippen LogP contribution in [-0.2, 0) is 14.3 Å². The number of esters is 1. The second-order valence-corrected chi connectivity index (χ2v) is 6.20. The zero-order chi connectivity index (χ0) is 16.7. The molecule has 2 atom stereocenters. The van der Waals surface area contributed by atoms with E-state index >= 15 is 0 Å². The fraction of sp³-hybridized carbons (Fsp3) is 0.556. The van der Waals surface area contributed by atoms with E-state index in [1.54, 1.807) is 0 Å². The summed E-state index contributed by atoms with van der Waals surface area (Å²) in [6.45, 7) is 4.15. The molecule has 1 aromatic rings. The van der Waals surface area contributed by atoms with E-state index in [0.717, 1.165) is 31.5 Å². The van der Waals surface area contributed by atoms with Crippen LogP contribution in [0.15, 0.2) is 30.3 Å². The highest BCUT2D eigenvalue weighted by molar-refractivity contribution is 5.85. The molecule has 2 N–H and O–H groups in total. The van der Waals surface area contributed by atoms with E-state index in [2.05, 4.69) is 17.6 Å². The zero-order valence-corrected chi connectivity index (χ0v) is 15.1. The Morgan fingerprint density at radius 1 is 1.25 bits per heavy atom. The molecule has 0 radical (unpaired) electrons. The van der Waals surface area contributed by atoms with E-state index in [4.69, 9.17) is 4.74 Å². The molecule has 5 nitrogen and oxygen atoms in total. The molecule has 1 aliphatic heterocycles. The van der Waals surface area contributed by atoms with Crippen LogP contribution in [-0.4, -0.2) is 32.1 Å². The number of hydrogen-bond donors (Lipinski definition) is 2. The molecule has 6 heteroatoms. The van der Waals surface area contributed by atoms with Gasteiger partial charge in [0.1, 0.15) is 0 Å². The predicted octanol–water partition coefficient (Wildman–Crippen LogP) is 2.46. The Morgan fingerprint density at radius 3 is 2.46 bits per heavy atom. The van der Waals surface area contributed by atoms with Gasteiger partial charge in [-0.15, -0.1) is 12.4 Å². The maximum Gasteiger partial charge on any atom is 0.333 e. The number of amides is 1. The van der Waals surface area contributed by atoms with Crippen molar-refractivity contribution in [1.82, 2.24) is 10.6 Å². The van der Waals surface area contributed by atoms with Crippen LogP contribution < -0.4 is 10.6 Å². The third kappa shape index (κ3) is 5.80. The van der Waals surface area contributed by atoms with Crippen LogP contribution >= 0.6 is 12.4 Å². The minimum absolute atomic E-state index is 0. The summed E-state index contributed by atoms with van der Waals surface area (Å²) in [5.74, 6) is 0.329. The average Bonchev–Trinajstić information content (AvgIpc) is 2.60. The molecule has 2 rings (SSSR count). The molecule has 1 amide bonds. The first-order valence-corrected chi connectivity index (χ1v) is 8.24. The SMILES string of the molecule is COC(=O)C(NC(=O)CC(C)C1CCNCC1)c1ccccc1.Cl. The van der Waals surface area contributed by atoms with Gasteiger partial charge in [0.2, 0.25) is 5.91 Å². The van der Waals surface area contributed by atoms with E-state index < -0.39 is 12.0 Å². The Bertz CT molecular complexity index is 518. The second-order valence-electron chi connectivity index (χ2n) is 6.20. The summed E-state index contributed by atoms with van der Waals surface area (Å²) in [6.07, 6.45) is 2.64. The van der Waals surface area contributed by atoms with Crippen LogP contribution in [0.5, 0.6) is 0 Å². The van der Waals surface area contributed by atoms with Crippen molar-refractivity contribution in [2.45, 2.75) is 32.2 Å². The monoisotopic (exact) mass is 354 g/mol. The number of rotatable bonds is 6. The molecule has 0 aromatic heterocycles. The van der Waals surface area contributed by atoms with Gasteiger partial charge in [0.05, 0.1) is 7.11 Å². The number of nitrogens with one attached hydrogen (secondary N) is 2. The van der Waals surface area contributed by atoms with E-state index in [-0.39, 0.29) is 18.3 Å². The molecule has 0 aliphatic carbocycles. The summed E-state index contributed by atoms with van der Waals surface area (Å²) >= 11 is 0.